The Morgan fingerprint density at radius 3 is 2.78 bits per heavy atom. The first kappa shape index (κ1) is 17.9. The second-order valence-electron chi connectivity index (χ2n) is 5.85. The van der Waals surface area contributed by atoms with Crippen LogP contribution in [0.2, 0.25) is 0 Å². The Morgan fingerprint density at radius 2 is 2.13 bits per heavy atom. The Bertz CT molecular complexity index is 637. The van der Waals surface area contributed by atoms with Crippen LogP contribution in [0.3, 0.4) is 0 Å². The Kier molecular flexibility index (Phi) is 6.15. The van der Waals surface area contributed by atoms with Gasteiger partial charge in [-0.2, -0.15) is 0 Å². The maximum Gasteiger partial charge on any atom is 0.251 e. The molecule has 1 fully saturated rings. The highest BCUT2D eigenvalue weighted by atomic mass is 32.2. The predicted molar refractivity (Wildman–Crippen MR) is 87.9 cm³/mol. The molecule has 1 N–H and O–H groups in total. The number of nitrogens with zero attached hydrogens (tertiary/aromatic N) is 1. The van der Waals surface area contributed by atoms with Crippen molar-refractivity contribution in [1.29, 1.82) is 0 Å². The average Bonchev–Trinajstić information content (AvgIpc) is 2.55. The van der Waals surface area contributed by atoms with Gasteiger partial charge in [-0.05, 0) is 43.9 Å². The number of hydrogen-bond acceptors (Lipinski definition) is 4. The molecule has 0 radical (unpaired) electrons. The molecule has 1 atom stereocenters. The largest absolute Gasteiger partial charge is 0.378 e. The minimum absolute atomic E-state index is 0.116. The van der Waals surface area contributed by atoms with Crippen molar-refractivity contribution in [2.75, 3.05) is 27.2 Å². The molecule has 1 aromatic rings. The number of amides is 1. The summed E-state index contributed by atoms with van der Waals surface area (Å²) < 4.78 is 31.0. The first-order chi connectivity index (χ1) is 10.9. The van der Waals surface area contributed by atoms with E-state index in [4.69, 9.17) is 4.74 Å². The maximum absolute atomic E-state index is 12.2. The van der Waals surface area contributed by atoms with Crippen LogP contribution in [0.4, 0.5) is 0 Å². The first-order valence-corrected chi connectivity index (χ1v) is 9.27. The first-order valence-electron chi connectivity index (χ1n) is 7.83. The van der Waals surface area contributed by atoms with Gasteiger partial charge >= 0.3 is 0 Å². The fraction of sp³-hybridized carbons (Fsp3) is 0.562. The molecule has 1 aliphatic heterocycles. The molecule has 1 aromatic carbocycles. The Balaban J connectivity index is 1.94. The van der Waals surface area contributed by atoms with Gasteiger partial charge in [-0.1, -0.05) is 6.07 Å². The van der Waals surface area contributed by atoms with Crippen LogP contribution in [0.1, 0.15) is 36.0 Å². The van der Waals surface area contributed by atoms with Crippen molar-refractivity contribution in [3.05, 3.63) is 29.8 Å². The van der Waals surface area contributed by atoms with Crippen LogP contribution in [0.5, 0.6) is 0 Å². The normalized spacial score (nSPS) is 18.8. The van der Waals surface area contributed by atoms with Crippen molar-refractivity contribution in [3.8, 4) is 0 Å². The SMILES string of the molecule is CN(C)S(=O)(=O)c1cccc(C(=O)NCC[C@@H]2CCCCO2)c1. The number of carbonyl (C=O) groups excluding carboxylic acids is 1. The molecule has 1 aliphatic rings. The van der Waals surface area contributed by atoms with Crippen LogP contribution in [0.15, 0.2) is 29.2 Å². The average molecular weight is 340 g/mol. The van der Waals surface area contributed by atoms with Crippen LogP contribution >= 0.6 is 0 Å². The highest BCUT2D eigenvalue weighted by Crippen LogP contribution is 2.16. The summed E-state index contributed by atoms with van der Waals surface area (Å²) in [5.41, 5.74) is 0.345. The summed E-state index contributed by atoms with van der Waals surface area (Å²) in [6.45, 7) is 1.32. The zero-order valence-electron chi connectivity index (χ0n) is 13.6. The van der Waals surface area contributed by atoms with Crippen LogP contribution < -0.4 is 5.32 Å². The minimum atomic E-state index is -3.54. The molecule has 0 spiro atoms. The number of benzene rings is 1. The lowest BCUT2D eigenvalue weighted by molar-refractivity contribution is 0.0117. The van der Waals surface area contributed by atoms with Crippen LogP contribution in [-0.2, 0) is 14.8 Å². The molecular formula is C16H24N2O4S. The molecule has 1 saturated heterocycles. The third-order valence-corrected chi connectivity index (χ3v) is 5.71. The van der Waals surface area contributed by atoms with E-state index in [0.717, 1.165) is 30.2 Å². The molecule has 0 aliphatic carbocycles. The number of hydrogen-bond donors (Lipinski definition) is 1. The van der Waals surface area contributed by atoms with Crippen molar-refractivity contribution in [3.63, 3.8) is 0 Å². The molecule has 0 aromatic heterocycles. The van der Waals surface area contributed by atoms with E-state index < -0.39 is 10.0 Å². The molecule has 2 rings (SSSR count). The fourth-order valence-electron chi connectivity index (χ4n) is 2.49. The summed E-state index contributed by atoms with van der Waals surface area (Å²) in [5.74, 6) is -0.267. The summed E-state index contributed by atoms with van der Waals surface area (Å²) in [6.07, 6.45) is 4.30. The van der Waals surface area contributed by atoms with E-state index in [1.54, 1.807) is 12.1 Å². The summed E-state index contributed by atoms with van der Waals surface area (Å²) in [4.78, 5) is 12.3. The van der Waals surface area contributed by atoms with Gasteiger partial charge in [0.15, 0.2) is 0 Å². The number of rotatable bonds is 6. The summed E-state index contributed by atoms with van der Waals surface area (Å²) in [6, 6.07) is 6.08. The number of carbonyl (C=O) groups is 1. The van der Waals surface area contributed by atoms with Crippen LogP contribution in [-0.4, -0.2) is 52.0 Å². The van der Waals surface area contributed by atoms with Gasteiger partial charge in [0.05, 0.1) is 11.0 Å². The molecule has 1 heterocycles. The molecule has 0 saturated carbocycles. The standard InChI is InChI=1S/C16H24N2O4S/c1-18(2)23(20,21)15-8-5-6-13(12-15)16(19)17-10-9-14-7-3-4-11-22-14/h5-6,8,12,14H,3-4,7,9-11H2,1-2H3,(H,17,19)/t14-/m0/s1. The van der Waals surface area contributed by atoms with E-state index in [0.29, 0.717) is 12.1 Å². The van der Waals surface area contributed by atoms with Gasteiger partial charge in [0.1, 0.15) is 0 Å². The van der Waals surface area contributed by atoms with E-state index in [1.165, 1.54) is 32.6 Å². The van der Waals surface area contributed by atoms with E-state index >= 15 is 0 Å². The smallest absolute Gasteiger partial charge is 0.251 e. The van der Waals surface area contributed by atoms with E-state index in [1.807, 2.05) is 0 Å². The van der Waals surface area contributed by atoms with E-state index in [-0.39, 0.29) is 16.9 Å². The number of ether oxygens (including phenoxy) is 1. The van der Waals surface area contributed by atoms with Crippen molar-refractivity contribution in [2.45, 2.75) is 36.7 Å². The molecule has 0 bridgehead atoms. The van der Waals surface area contributed by atoms with E-state index in [9.17, 15) is 13.2 Å². The van der Waals surface area contributed by atoms with E-state index in [2.05, 4.69) is 5.32 Å². The van der Waals surface area contributed by atoms with Crippen molar-refractivity contribution >= 4 is 15.9 Å². The Hall–Kier alpha value is -1.44. The van der Waals surface area contributed by atoms with Crippen molar-refractivity contribution in [2.24, 2.45) is 0 Å². The molecule has 6 nitrogen and oxygen atoms in total. The second kappa shape index (κ2) is 7.90. The molecule has 128 valence electrons. The Morgan fingerprint density at radius 1 is 1.35 bits per heavy atom. The zero-order chi connectivity index (χ0) is 16.9. The summed E-state index contributed by atoms with van der Waals surface area (Å²) >= 11 is 0. The molecule has 7 heteroatoms. The lowest BCUT2D eigenvalue weighted by Crippen LogP contribution is -2.29. The highest BCUT2D eigenvalue weighted by Gasteiger charge is 2.19. The fourth-order valence-corrected chi connectivity index (χ4v) is 3.44. The van der Waals surface area contributed by atoms with Gasteiger partial charge < -0.3 is 10.1 Å². The lowest BCUT2D eigenvalue weighted by Gasteiger charge is -2.22. The van der Waals surface area contributed by atoms with Gasteiger partial charge in [-0.25, -0.2) is 12.7 Å². The molecule has 23 heavy (non-hydrogen) atoms. The van der Waals surface area contributed by atoms with Crippen molar-refractivity contribution in [1.82, 2.24) is 9.62 Å². The minimum Gasteiger partial charge on any atom is -0.378 e. The van der Waals surface area contributed by atoms with Gasteiger partial charge in [-0.3, -0.25) is 4.79 Å². The van der Waals surface area contributed by atoms with Gasteiger partial charge in [0.25, 0.3) is 5.91 Å². The molecule has 1 amide bonds. The molecular weight excluding hydrogens is 316 g/mol. The number of nitrogens with one attached hydrogen (secondary N) is 1. The summed E-state index contributed by atoms with van der Waals surface area (Å²) in [7, 11) is -0.608. The lowest BCUT2D eigenvalue weighted by atomic mass is 10.1. The van der Waals surface area contributed by atoms with Gasteiger partial charge in [0.2, 0.25) is 10.0 Å². The topological polar surface area (TPSA) is 75.7 Å². The van der Waals surface area contributed by atoms with Gasteiger partial charge in [0, 0.05) is 32.8 Å². The zero-order valence-corrected chi connectivity index (χ0v) is 14.4. The highest BCUT2D eigenvalue weighted by molar-refractivity contribution is 7.89. The quantitative estimate of drug-likeness (QED) is 0.854. The van der Waals surface area contributed by atoms with Gasteiger partial charge in [-0.15, -0.1) is 0 Å². The molecule has 0 unspecified atom stereocenters. The number of sulfonamides is 1. The predicted octanol–water partition coefficient (Wildman–Crippen LogP) is 1.63. The van der Waals surface area contributed by atoms with Crippen LogP contribution in [0, 0.1) is 0 Å². The third-order valence-electron chi connectivity index (χ3n) is 3.90. The van der Waals surface area contributed by atoms with Crippen molar-refractivity contribution < 1.29 is 17.9 Å². The van der Waals surface area contributed by atoms with Crippen LogP contribution in [0.25, 0.3) is 0 Å². The Labute approximate surface area is 137 Å². The maximum atomic E-state index is 12.2. The third kappa shape index (κ3) is 4.76. The summed E-state index contributed by atoms with van der Waals surface area (Å²) in [5, 5.41) is 2.83. The second-order valence-corrected chi connectivity index (χ2v) is 8.00. The monoisotopic (exact) mass is 340 g/mol.